The average molecular weight is 262 g/mol. The molecule has 2 saturated heterocycles. The summed E-state index contributed by atoms with van der Waals surface area (Å²) in [6.07, 6.45) is 4.89. The normalized spacial score (nSPS) is 29.8. The molecule has 2 heterocycles. The Kier molecular flexibility index (Phi) is 3.48. The number of rotatable bonds is 3. The molecule has 1 N–H and O–H groups in total. The maximum Gasteiger partial charge on any atom is 0.125 e. The van der Waals surface area contributed by atoms with Crippen molar-refractivity contribution in [2.24, 2.45) is 0 Å². The molecule has 0 aliphatic carbocycles. The van der Waals surface area contributed by atoms with Gasteiger partial charge in [0.15, 0.2) is 0 Å². The Morgan fingerprint density at radius 3 is 2.58 bits per heavy atom. The number of anilines is 1. The molecule has 0 radical (unpaired) electrons. The van der Waals surface area contributed by atoms with Gasteiger partial charge in [0.05, 0.1) is 0 Å². The molecule has 19 heavy (non-hydrogen) atoms. The highest BCUT2D eigenvalue weighted by atomic mass is 19.1. The highest BCUT2D eigenvalue weighted by Crippen LogP contribution is 2.40. The van der Waals surface area contributed by atoms with Crippen molar-refractivity contribution in [3.63, 3.8) is 0 Å². The molecule has 104 valence electrons. The van der Waals surface area contributed by atoms with E-state index in [4.69, 9.17) is 0 Å². The summed E-state index contributed by atoms with van der Waals surface area (Å²) in [5, 5.41) is 3.58. The third-order valence-electron chi connectivity index (χ3n) is 4.68. The first-order chi connectivity index (χ1) is 9.19. The summed E-state index contributed by atoms with van der Waals surface area (Å²) < 4.78 is 13.5. The van der Waals surface area contributed by atoms with E-state index in [1.165, 1.54) is 31.2 Å². The van der Waals surface area contributed by atoms with E-state index in [9.17, 15) is 4.39 Å². The molecule has 2 aliphatic heterocycles. The van der Waals surface area contributed by atoms with Gasteiger partial charge in [-0.2, -0.15) is 0 Å². The van der Waals surface area contributed by atoms with Gasteiger partial charge in [-0.1, -0.05) is 13.0 Å². The van der Waals surface area contributed by atoms with Crippen LogP contribution in [0, 0.1) is 12.7 Å². The third-order valence-corrected chi connectivity index (χ3v) is 4.68. The highest BCUT2D eigenvalue weighted by molar-refractivity contribution is 5.56. The van der Waals surface area contributed by atoms with Gasteiger partial charge in [0.2, 0.25) is 0 Å². The first-order valence-corrected chi connectivity index (χ1v) is 7.47. The van der Waals surface area contributed by atoms with Gasteiger partial charge in [0.1, 0.15) is 5.82 Å². The van der Waals surface area contributed by atoms with Crippen LogP contribution in [0.2, 0.25) is 0 Å². The van der Waals surface area contributed by atoms with Crippen LogP contribution in [0.15, 0.2) is 18.2 Å². The number of fused-ring (bicyclic) bond motifs is 2. The van der Waals surface area contributed by atoms with E-state index >= 15 is 0 Å². The van der Waals surface area contributed by atoms with Crippen LogP contribution < -0.4 is 10.2 Å². The lowest BCUT2D eigenvalue weighted by atomic mass is 9.95. The molecule has 0 amide bonds. The monoisotopic (exact) mass is 262 g/mol. The van der Waals surface area contributed by atoms with Crippen molar-refractivity contribution in [1.29, 1.82) is 0 Å². The molecule has 0 spiro atoms. The van der Waals surface area contributed by atoms with Crippen LogP contribution in [0.1, 0.15) is 38.2 Å². The standard InChI is InChI=1S/C16H23FN2/c1-3-18-13-9-14-6-7-15(10-13)19(14)16-8-12(17)5-4-11(16)2/h4-5,8,13-15,18H,3,6-7,9-10H2,1-2H3. The minimum atomic E-state index is -0.117. The summed E-state index contributed by atoms with van der Waals surface area (Å²) in [6.45, 7) is 5.30. The molecule has 2 nitrogen and oxygen atoms in total. The first kappa shape index (κ1) is 12.9. The number of halogens is 1. The molecule has 0 aromatic heterocycles. The molecule has 2 fully saturated rings. The third kappa shape index (κ3) is 2.36. The van der Waals surface area contributed by atoms with Gasteiger partial charge in [-0.25, -0.2) is 4.39 Å². The first-order valence-electron chi connectivity index (χ1n) is 7.47. The van der Waals surface area contributed by atoms with Crippen LogP contribution in [0.5, 0.6) is 0 Å². The Labute approximate surface area is 115 Å². The van der Waals surface area contributed by atoms with E-state index in [-0.39, 0.29) is 5.82 Å². The van der Waals surface area contributed by atoms with Crippen molar-refractivity contribution in [3.8, 4) is 0 Å². The molecule has 0 saturated carbocycles. The topological polar surface area (TPSA) is 15.3 Å². The number of hydrogen-bond donors (Lipinski definition) is 1. The summed E-state index contributed by atoms with van der Waals surface area (Å²) in [7, 11) is 0. The molecule has 3 heteroatoms. The van der Waals surface area contributed by atoms with Crippen LogP contribution in [0.25, 0.3) is 0 Å². The van der Waals surface area contributed by atoms with Crippen LogP contribution >= 0.6 is 0 Å². The highest BCUT2D eigenvalue weighted by Gasteiger charge is 2.40. The molecule has 2 atom stereocenters. The zero-order valence-corrected chi connectivity index (χ0v) is 11.8. The quantitative estimate of drug-likeness (QED) is 0.899. The molecule has 2 unspecified atom stereocenters. The minimum absolute atomic E-state index is 0.117. The second-order valence-corrected chi connectivity index (χ2v) is 5.95. The van der Waals surface area contributed by atoms with Gasteiger partial charge in [0.25, 0.3) is 0 Å². The van der Waals surface area contributed by atoms with Crippen molar-refractivity contribution in [1.82, 2.24) is 5.32 Å². The van der Waals surface area contributed by atoms with Gasteiger partial charge in [-0.15, -0.1) is 0 Å². The molecule has 2 aliphatic rings. The lowest BCUT2D eigenvalue weighted by Crippen LogP contribution is -2.49. The Balaban J connectivity index is 1.85. The number of piperidine rings is 1. The summed E-state index contributed by atoms with van der Waals surface area (Å²) >= 11 is 0. The van der Waals surface area contributed by atoms with Crippen LogP contribution in [-0.2, 0) is 0 Å². The lowest BCUT2D eigenvalue weighted by Gasteiger charge is -2.41. The second-order valence-electron chi connectivity index (χ2n) is 5.95. The predicted octanol–water partition coefficient (Wildman–Crippen LogP) is 3.24. The van der Waals surface area contributed by atoms with Crippen molar-refractivity contribution in [3.05, 3.63) is 29.6 Å². The Morgan fingerprint density at radius 1 is 1.26 bits per heavy atom. The zero-order valence-electron chi connectivity index (χ0n) is 11.8. The average Bonchev–Trinajstić information content (AvgIpc) is 2.64. The van der Waals surface area contributed by atoms with Gasteiger partial charge in [-0.3, -0.25) is 0 Å². The summed E-state index contributed by atoms with van der Waals surface area (Å²) in [5.74, 6) is -0.117. The largest absolute Gasteiger partial charge is 0.365 e. The molecule has 1 aromatic carbocycles. The van der Waals surface area contributed by atoms with Gasteiger partial charge in [-0.05, 0) is 56.8 Å². The molecular weight excluding hydrogens is 239 g/mol. The number of hydrogen-bond acceptors (Lipinski definition) is 2. The van der Waals surface area contributed by atoms with Gasteiger partial charge in [0, 0.05) is 23.8 Å². The Hall–Kier alpha value is -1.09. The zero-order chi connectivity index (χ0) is 13.4. The summed E-state index contributed by atoms with van der Waals surface area (Å²) in [4.78, 5) is 2.49. The fraction of sp³-hybridized carbons (Fsp3) is 0.625. The smallest absolute Gasteiger partial charge is 0.125 e. The fourth-order valence-electron chi connectivity index (χ4n) is 3.89. The Bertz CT molecular complexity index is 446. The van der Waals surface area contributed by atoms with E-state index in [1.54, 1.807) is 12.1 Å². The van der Waals surface area contributed by atoms with E-state index in [0.29, 0.717) is 18.1 Å². The lowest BCUT2D eigenvalue weighted by molar-refractivity contribution is 0.361. The maximum atomic E-state index is 13.5. The molecule has 1 aromatic rings. The Morgan fingerprint density at radius 2 is 1.95 bits per heavy atom. The number of aryl methyl sites for hydroxylation is 1. The van der Waals surface area contributed by atoms with E-state index < -0.39 is 0 Å². The van der Waals surface area contributed by atoms with Gasteiger partial charge < -0.3 is 10.2 Å². The summed E-state index contributed by atoms with van der Waals surface area (Å²) in [6, 6.07) is 7.00. The molecule has 3 rings (SSSR count). The number of benzene rings is 1. The number of nitrogens with one attached hydrogen (secondary N) is 1. The van der Waals surface area contributed by atoms with Gasteiger partial charge >= 0.3 is 0 Å². The predicted molar refractivity (Wildman–Crippen MR) is 77.1 cm³/mol. The second kappa shape index (κ2) is 5.12. The molecular formula is C16H23FN2. The summed E-state index contributed by atoms with van der Waals surface area (Å²) in [5.41, 5.74) is 2.31. The van der Waals surface area contributed by atoms with Crippen LogP contribution in [-0.4, -0.2) is 24.7 Å². The van der Waals surface area contributed by atoms with Crippen molar-refractivity contribution < 1.29 is 4.39 Å². The van der Waals surface area contributed by atoms with Crippen molar-refractivity contribution in [2.45, 2.75) is 57.7 Å². The molecule has 2 bridgehead atoms. The van der Waals surface area contributed by atoms with Crippen molar-refractivity contribution in [2.75, 3.05) is 11.4 Å². The van der Waals surface area contributed by atoms with E-state index in [1.807, 2.05) is 6.07 Å². The van der Waals surface area contributed by atoms with E-state index in [2.05, 4.69) is 24.1 Å². The SMILES string of the molecule is CCNC1CC2CCC(C1)N2c1cc(F)ccc1C. The van der Waals surface area contributed by atoms with Crippen LogP contribution in [0.3, 0.4) is 0 Å². The fourth-order valence-corrected chi connectivity index (χ4v) is 3.89. The maximum absolute atomic E-state index is 13.5. The minimum Gasteiger partial charge on any atom is -0.365 e. The number of nitrogens with zero attached hydrogens (tertiary/aromatic N) is 1. The van der Waals surface area contributed by atoms with Crippen LogP contribution in [0.4, 0.5) is 10.1 Å². The van der Waals surface area contributed by atoms with E-state index in [0.717, 1.165) is 12.2 Å². The van der Waals surface area contributed by atoms with Crippen molar-refractivity contribution >= 4 is 5.69 Å².